The predicted octanol–water partition coefficient (Wildman–Crippen LogP) is 2.66. The van der Waals surface area contributed by atoms with Gasteiger partial charge in [-0.05, 0) is 22.0 Å². The molecule has 0 radical (unpaired) electrons. The van der Waals surface area contributed by atoms with Crippen LogP contribution in [0.5, 0.6) is 0 Å². The first-order valence-corrected chi connectivity index (χ1v) is 9.83. The van der Waals surface area contributed by atoms with Gasteiger partial charge in [0.05, 0.1) is 4.47 Å². The number of rotatable bonds is 6. The molecule has 1 N–H and O–H groups in total. The summed E-state index contributed by atoms with van der Waals surface area (Å²) in [5.74, 6) is -1.04. The van der Waals surface area contributed by atoms with E-state index in [1.807, 2.05) is 0 Å². The average Bonchev–Trinajstić information content (AvgIpc) is 2.53. The van der Waals surface area contributed by atoms with Crippen molar-refractivity contribution in [1.82, 2.24) is 9.78 Å². The largest absolute Gasteiger partial charge is 0.476 e. The summed E-state index contributed by atoms with van der Waals surface area (Å²) in [5.41, 5.74) is 0.0128. The molecule has 0 fully saturated rings. The number of aromatic carboxylic acids is 1. The van der Waals surface area contributed by atoms with Crippen molar-refractivity contribution in [3.05, 3.63) is 16.4 Å². The molecule has 1 aromatic rings. The van der Waals surface area contributed by atoms with Gasteiger partial charge in [0.15, 0.2) is 5.69 Å². The van der Waals surface area contributed by atoms with E-state index in [0.29, 0.717) is 11.1 Å². The van der Waals surface area contributed by atoms with Crippen molar-refractivity contribution in [3.8, 4) is 0 Å². The van der Waals surface area contributed by atoms with E-state index < -0.39 is 14.0 Å². The molecule has 0 atom stereocenters. The quantitative estimate of drug-likeness (QED) is 0.646. The second-order valence-electron chi connectivity index (χ2n) is 5.02. The van der Waals surface area contributed by atoms with E-state index >= 15 is 0 Å². The molecular formula is C10H17BrN2O3Si. The summed E-state index contributed by atoms with van der Waals surface area (Å²) in [4.78, 5) is 10.8. The van der Waals surface area contributed by atoms with Crippen molar-refractivity contribution < 1.29 is 14.6 Å². The Labute approximate surface area is 110 Å². The topological polar surface area (TPSA) is 64.3 Å². The summed E-state index contributed by atoms with van der Waals surface area (Å²) in [6.45, 7) is 7.82. The standard InChI is InChI=1S/C10H17BrN2O3Si/c1-17(2,3)5-4-16-7-13-6-8(11)9(12-13)10(14)15/h6H,4-5,7H2,1-3H3,(H,14,15). The fourth-order valence-electron chi connectivity index (χ4n) is 1.14. The molecule has 0 saturated heterocycles. The maximum absolute atomic E-state index is 10.8. The molecule has 1 heterocycles. The fraction of sp³-hybridized carbons (Fsp3) is 0.600. The van der Waals surface area contributed by atoms with Crippen molar-refractivity contribution in [2.24, 2.45) is 0 Å². The lowest BCUT2D eigenvalue weighted by atomic mass is 10.4. The molecular weight excluding hydrogens is 304 g/mol. The van der Waals surface area contributed by atoms with Crippen LogP contribution in [0.1, 0.15) is 10.5 Å². The lowest BCUT2D eigenvalue weighted by Gasteiger charge is -2.15. The van der Waals surface area contributed by atoms with Gasteiger partial charge in [0, 0.05) is 20.9 Å². The minimum atomic E-state index is -1.08. The van der Waals surface area contributed by atoms with Crippen LogP contribution in [-0.2, 0) is 11.5 Å². The summed E-state index contributed by atoms with van der Waals surface area (Å²) in [6.07, 6.45) is 1.61. The Morgan fingerprint density at radius 2 is 2.24 bits per heavy atom. The first kappa shape index (κ1) is 14.4. The first-order valence-electron chi connectivity index (χ1n) is 5.33. The molecule has 0 saturated carbocycles. The zero-order chi connectivity index (χ0) is 13.1. The Balaban J connectivity index is 2.43. The third-order valence-corrected chi connectivity index (χ3v) is 4.42. The third kappa shape index (κ3) is 5.01. The monoisotopic (exact) mass is 320 g/mol. The van der Waals surface area contributed by atoms with E-state index in [1.54, 1.807) is 6.20 Å². The van der Waals surface area contributed by atoms with Crippen LogP contribution in [0.3, 0.4) is 0 Å². The van der Waals surface area contributed by atoms with Crippen LogP contribution in [0, 0.1) is 0 Å². The highest BCUT2D eigenvalue weighted by Gasteiger charge is 2.14. The van der Waals surface area contributed by atoms with Crippen molar-refractivity contribution in [2.45, 2.75) is 32.4 Å². The van der Waals surface area contributed by atoms with Crippen molar-refractivity contribution in [1.29, 1.82) is 0 Å². The maximum Gasteiger partial charge on any atom is 0.357 e. The smallest absolute Gasteiger partial charge is 0.357 e. The molecule has 0 aromatic carbocycles. The Bertz CT molecular complexity index is 401. The number of halogens is 1. The van der Waals surface area contributed by atoms with Gasteiger partial charge in [-0.25, -0.2) is 9.48 Å². The highest BCUT2D eigenvalue weighted by molar-refractivity contribution is 9.10. The first-order chi connectivity index (χ1) is 7.79. The van der Waals surface area contributed by atoms with Gasteiger partial charge in [0.1, 0.15) is 6.73 Å². The van der Waals surface area contributed by atoms with Crippen LogP contribution in [0.4, 0.5) is 0 Å². The molecule has 5 nitrogen and oxygen atoms in total. The van der Waals surface area contributed by atoms with Crippen LogP contribution in [0.25, 0.3) is 0 Å². The normalized spacial score (nSPS) is 11.8. The molecule has 0 aliphatic rings. The van der Waals surface area contributed by atoms with Crippen LogP contribution in [0.15, 0.2) is 10.7 Å². The SMILES string of the molecule is C[Si](C)(C)CCOCn1cc(Br)c(C(=O)O)n1. The Morgan fingerprint density at radius 1 is 1.59 bits per heavy atom. The average molecular weight is 321 g/mol. The number of hydrogen-bond donors (Lipinski definition) is 1. The highest BCUT2D eigenvalue weighted by Crippen LogP contribution is 2.15. The molecule has 96 valence electrons. The van der Waals surface area contributed by atoms with Crippen molar-refractivity contribution in [2.75, 3.05) is 6.61 Å². The van der Waals surface area contributed by atoms with Gasteiger partial charge in [-0.2, -0.15) is 5.10 Å². The second-order valence-corrected chi connectivity index (χ2v) is 11.5. The number of hydrogen-bond acceptors (Lipinski definition) is 3. The van der Waals surface area contributed by atoms with Crippen LogP contribution in [0.2, 0.25) is 25.7 Å². The Hall–Kier alpha value is -0.663. The molecule has 0 bridgehead atoms. The van der Waals surface area contributed by atoms with E-state index in [1.165, 1.54) is 4.68 Å². The number of carbonyl (C=O) groups is 1. The van der Waals surface area contributed by atoms with Crippen LogP contribution >= 0.6 is 15.9 Å². The number of carboxylic acids is 1. The molecule has 0 spiro atoms. The molecule has 0 amide bonds. The summed E-state index contributed by atoms with van der Waals surface area (Å²) in [5, 5.41) is 12.7. The van der Waals surface area contributed by atoms with Gasteiger partial charge in [0.25, 0.3) is 0 Å². The van der Waals surface area contributed by atoms with E-state index in [9.17, 15) is 4.79 Å². The molecule has 0 aliphatic heterocycles. The summed E-state index contributed by atoms with van der Waals surface area (Å²) >= 11 is 3.15. The fourth-order valence-corrected chi connectivity index (χ4v) is 2.39. The summed E-state index contributed by atoms with van der Waals surface area (Å²) < 4.78 is 7.42. The molecule has 7 heteroatoms. The number of aromatic nitrogens is 2. The van der Waals surface area contributed by atoms with Gasteiger partial charge in [0.2, 0.25) is 0 Å². The number of carboxylic acid groups (broad SMARTS) is 1. The van der Waals surface area contributed by atoms with E-state index in [2.05, 4.69) is 40.7 Å². The van der Waals surface area contributed by atoms with Gasteiger partial charge < -0.3 is 9.84 Å². The Kier molecular flexibility index (Phi) is 4.90. The van der Waals surface area contributed by atoms with Crippen LogP contribution < -0.4 is 0 Å². The minimum absolute atomic E-state index is 0.0128. The van der Waals surface area contributed by atoms with Gasteiger partial charge in [-0.15, -0.1) is 0 Å². The molecule has 17 heavy (non-hydrogen) atoms. The van der Waals surface area contributed by atoms with Crippen molar-refractivity contribution in [3.63, 3.8) is 0 Å². The van der Waals surface area contributed by atoms with Crippen LogP contribution in [-0.4, -0.2) is 35.5 Å². The molecule has 0 aliphatic carbocycles. The zero-order valence-corrected chi connectivity index (χ0v) is 12.8. The van der Waals surface area contributed by atoms with E-state index in [4.69, 9.17) is 9.84 Å². The predicted molar refractivity (Wildman–Crippen MR) is 71.0 cm³/mol. The lowest BCUT2D eigenvalue weighted by molar-refractivity contribution is 0.0671. The number of nitrogens with zero attached hydrogens (tertiary/aromatic N) is 2. The van der Waals surface area contributed by atoms with Gasteiger partial charge in [-0.1, -0.05) is 19.6 Å². The van der Waals surface area contributed by atoms with E-state index in [-0.39, 0.29) is 12.4 Å². The molecule has 0 unspecified atom stereocenters. The minimum Gasteiger partial charge on any atom is -0.476 e. The molecule has 1 aromatic heterocycles. The second kappa shape index (κ2) is 5.79. The number of ether oxygens (including phenoxy) is 1. The maximum atomic E-state index is 10.8. The summed E-state index contributed by atoms with van der Waals surface area (Å²) in [7, 11) is -1.08. The zero-order valence-electron chi connectivity index (χ0n) is 10.2. The highest BCUT2D eigenvalue weighted by atomic mass is 79.9. The van der Waals surface area contributed by atoms with Gasteiger partial charge in [-0.3, -0.25) is 0 Å². The lowest BCUT2D eigenvalue weighted by Crippen LogP contribution is -2.22. The van der Waals surface area contributed by atoms with Gasteiger partial charge >= 0.3 is 5.97 Å². The Morgan fingerprint density at radius 3 is 2.71 bits per heavy atom. The summed E-state index contributed by atoms with van der Waals surface area (Å²) in [6, 6.07) is 1.08. The van der Waals surface area contributed by atoms with Crippen molar-refractivity contribution >= 4 is 30.0 Å². The third-order valence-electron chi connectivity index (χ3n) is 2.14. The molecule has 1 rings (SSSR count). The van der Waals surface area contributed by atoms with E-state index in [0.717, 1.165) is 6.04 Å².